The molecular weight excluding hydrogens is 486 g/mol. The molecule has 1 N–H and O–H groups in total. The van der Waals surface area contributed by atoms with Gasteiger partial charge < -0.3 is 15.1 Å². The maximum absolute atomic E-state index is 13.4. The van der Waals surface area contributed by atoms with E-state index in [1.807, 2.05) is 90.9 Å². The molecule has 0 unspecified atom stereocenters. The zero-order valence-electron chi connectivity index (χ0n) is 18.3. The lowest BCUT2D eigenvalue weighted by molar-refractivity contribution is -0.133. The Hall–Kier alpha value is -2.64. The molecule has 0 atom stereocenters. The molecule has 0 saturated heterocycles. The Morgan fingerprint density at radius 3 is 2.28 bits per heavy atom. The van der Waals surface area contributed by atoms with E-state index in [4.69, 9.17) is 0 Å². The molecule has 32 heavy (non-hydrogen) atoms. The Labute approximate surface area is 202 Å². The summed E-state index contributed by atoms with van der Waals surface area (Å²) in [6.45, 7) is 5.62. The largest absolute Gasteiger partial charge is 0.332 e. The molecular formula is C25H28BrN3O2S. The smallest absolute Gasteiger partial charge is 0.322 e. The summed E-state index contributed by atoms with van der Waals surface area (Å²) in [6, 6.07) is 21.1. The van der Waals surface area contributed by atoms with Gasteiger partial charge in [0.15, 0.2) is 0 Å². The second-order valence-corrected chi connectivity index (χ2v) is 9.97. The lowest BCUT2D eigenvalue weighted by Crippen LogP contribution is -2.45. The molecule has 168 valence electrons. The Morgan fingerprint density at radius 1 is 0.938 bits per heavy atom. The first-order chi connectivity index (χ1) is 15.4. The summed E-state index contributed by atoms with van der Waals surface area (Å²) in [5.74, 6) is 0.159. The number of hydrogen-bond donors (Lipinski definition) is 1. The Balaban J connectivity index is 1.74. The Morgan fingerprint density at radius 2 is 1.66 bits per heavy atom. The van der Waals surface area contributed by atoms with Crippen LogP contribution in [-0.2, 0) is 17.9 Å². The molecule has 3 rings (SSSR count). The van der Waals surface area contributed by atoms with Crippen molar-refractivity contribution in [1.29, 1.82) is 0 Å². The first-order valence-corrected chi connectivity index (χ1v) is 12.2. The van der Waals surface area contributed by atoms with E-state index in [0.29, 0.717) is 25.3 Å². The average molecular weight is 514 g/mol. The molecule has 1 aromatic heterocycles. The van der Waals surface area contributed by atoms with E-state index in [-0.39, 0.29) is 24.4 Å². The number of carbonyl (C=O) groups excluding carboxylic acids is 2. The minimum atomic E-state index is -0.273. The van der Waals surface area contributed by atoms with Gasteiger partial charge in [0.2, 0.25) is 5.91 Å². The predicted molar refractivity (Wildman–Crippen MR) is 135 cm³/mol. The fourth-order valence-electron chi connectivity index (χ4n) is 3.29. The zero-order valence-corrected chi connectivity index (χ0v) is 20.7. The van der Waals surface area contributed by atoms with Gasteiger partial charge in [-0.3, -0.25) is 4.79 Å². The number of thiophene rings is 1. The van der Waals surface area contributed by atoms with Crippen LogP contribution in [0.5, 0.6) is 0 Å². The van der Waals surface area contributed by atoms with Crippen LogP contribution < -0.4 is 5.32 Å². The molecule has 1 heterocycles. The quantitative estimate of drug-likeness (QED) is 0.368. The molecule has 5 nitrogen and oxygen atoms in total. The fourth-order valence-corrected chi connectivity index (χ4v) is 4.27. The molecule has 0 aliphatic carbocycles. The molecule has 0 fully saturated rings. The summed E-state index contributed by atoms with van der Waals surface area (Å²) in [5, 5.41) is 4.92. The summed E-state index contributed by atoms with van der Waals surface area (Å²) in [6.07, 6.45) is 0. The van der Waals surface area contributed by atoms with Crippen LogP contribution in [0, 0.1) is 5.92 Å². The summed E-state index contributed by atoms with van der Waals surface area (Å²) < 4.78 is 0.940. The van der Waals surface area contributed by atoms with Crippen molar-refractivity contribution in [3.8, 4) is 0 Å². The highest BCUT2D eigenvalue weighted by atomic mass is 79.9. The zero-order chi connectivity index (χ0) is 22.9. The fraction of sp³-hybridized carbons (Fsp3) is 0.280. The molecule has 2 aromatic carbocycles. The second kappa shape index (κ2) is 11.8. The van der Waals surface area contributed by atoms with Crippen LogP contribution >= 0.6 is 27.3 Å². The number of carbonyl (C=O) groups is 2. The maximum atomic E-state index is 13.4. The van der Waals surface area contributed by atoms with E-state index in [0.717, 1.165) is 14.9 Å². The number of urea groups is 1. The van der Waals surface area contributed by atoms with Crippen LogP contribution in [0.15, 0.2) is 76.6 Å². The van der Waals surface area contributed by atoms with Crippen LogP contribution in [-0.4, -0.2) is 34.8 Å². The van der Waals surface area contributed by atoms with Crippen LogP contribution in [0.4, 0.5) is 10.5 Å². The number of benzene rings is 2. The Kier molecular flexibility index (Phi) is 8.88. The van der Waals surface area contributed by atoms with Crippen LogP contribution in [0.2, 0.25) is 0 Å². The van der Waals surface area contributed by atoms with Crippen molar-refractivity contribution >= 4 is 44.9 Å². The van der Waals surface area contributed by atoms with Gasteiger partial charge in [0, 0.05) is 28.1 Å². The monoisotopic (exact) mass is 513 g/mol. The van der Waals surface area contributed by atoms with E-state index >= 15 is 0 Å². The number of amides is 3. The molecule has 0 saturated carbocycles. The molecule has 0 bridgehead atoms. The third-order valence-corrected chi connectivity index (χ3v) is 6.18. The number of halogens is 1. The third kappa shape index (κ3) is 7.50. The van der Waals surface area contributed by atoms with Gasteiger partial charge in [-0.05, 0) is 47.2 Å². The molecule has 0 aliphatic heterocycles. The van der Waals surface area contributed by atoms with Gasteiger partial charge in [0.05, 0.1) is 6.54 Å². The molecule has 3 amide bonds. The third-order valence-electron chi connectivity index (χ3n) is 4.79. The van der Waals surface area contributed by atoms with Gasteiger partial charge in [-0.25, -0.2) is 4.79 Å². The molecule has 0 radical (unpaired) electrons. The minimum absolute atomic E-state index is 0.0265. The van der Waals surface area contributed by atoms with Crippen molar-refractivity contribution in [3.63, 3.8) is 0 Å². The average Bonchev–Trinajstić information content (AvgIpc) is 3.28. The van der Waals surface area contributed by atoms with Crippen LogP contribution in [0.3, 0.4) is 0 Å². The van der Waals surface area contributed by atoms with Gasteiger partial charge in [-0.1, -0.05) is 66.2 Å². The van der Waals surface area contributed by atoms with Crippen molar-refractivity contribution in [2.45, 2.75) is 26.9 Å². The first kappa shape index (κ1) is 24.0. The highest BCUT2D eigenvalue weighted by molar-refractivity contribution is 9.10. The maximum Gasteiger partial charge on any atom is 0.322 e. The highest BCUT2D eigenvalue weighted by Crippen LogP contribution is 2.17. The minimum Gasteiger partial charge on any atom is -0.332 e. The van der Waals surface area contributed by atoms with Crippen molar-refractivity contribution in [3.05, 3.63) is 87.0 Å². The normalized spacial score (nSPS) is 10.8. The number of nitrogens with zero attached hydrogens (tertiary/aromatic N) is 2. The van der Waals surface area contributed by atoms with Gasteiger partial charge in [-0.15, -0.1) is 11.3 Å². The lowest BCUT2D eigenvalue weighted by atomic mass is 10.2. The summed E-state index contributed by atoms with van der Waals surface area (Å²) in [4.78, 5) is 30.9. The van der Waals surface area contributed by atoms with Gasteiger partial charge >= 0.3 is 6.03 Å². The summed E-state index contributed by atoms with van der Waals surface area (Å²) in [5.41, 5.74) is 1.76. The second-order valence-electron chi connectivity index (χ2n) is 8.03. The summed E-state index contributed by atoms with van der Waals surface area (Å²) in [7, 11) is 0. The lowest BCUT2D eigenvalue weighted by Gasteiger charge is -2.29. The van der Waals surface area contributed by atoms with E-state index in [1.165, 1.54) is 0 Å². The molecule has 3 aromatic rings. The number of rotatable bonds is 9. The van der Waals surface area contributed by atoms with E-state index in [2.05, 4.69) is 21.2 Å². The first-order valence-electron chi connectivity index (χ1n) is 10.6. The topological polar surface area (TPSA) is 52.7 Å². The number of nitrogens with one attached hydrogen (secondary N) is 1. The standard InChI is InChI=1S/C25H28BrN3O2S/c1-19(2)15-29(25(31)27-22-12-10-21(26)11-13-22)18-24(30)28(17-23-9-6-14-32-23)16-20-7-4-3-5-8-20/h3-14,19H,15-18H2,1-2H3,(H,27,31). The van der Waals surface area contributed by atoms with Crippen molar-refractivity contribution in [1.82, 2.24) is 9.80 Å². The SMILES string of the molecule is CC(C)CN(CC(=O)N(Cc1ccccc1)Cc1cccs1)C(=O)Nc1ccc(Br)cc1. The van der Waals surface area contributed by atoms with Crippen molar-refractivity contribution in [2.75, 3.05) is 18.4 Å². The summed E-state index contributed by atoms with van der Waals surface area (Å²) >= 11 is 5.03. The predicted octanol–water partition coefficient (Wildman–Crippen LogP) is 6.23. The van der Waals surface area contributed by atoms with Crippen molar-refractivity contribution in [2.24, 2.45) is 5.92 Å². The van der Waals surface area contributed by atoms with Gasteiger partial charge in [0.1, 0.15) is 6.54 Å². The highest BCUT2D eigenvalue weighted by Gasteiger charge is 2.23. The number of hydrogen-bond acceptors (Lipinski definition) is 3. The number of anilines is 1. The van der Waals surface area contributed by atoms with E-state index in [1.54, 1.807) is 16.2 Å². The Bertz CT molecular complexity index is 992. The van der Waals surface area contributed by atoms with Crippen LogP contribution in [0.25, 0.3) is 0 Å². The van der Waals surface area contributed by atoms with Crippen molar-refractivity contribution < 1.29 is 9.59 Å². The molecule has 0 spiro atoms. The van der Waals surface area contributed by atoms with E-state index < -0.39 is 0 Å². The van der Waals surface area contributed by atoms with Crippen LogP contribution in [0.1, 0.15) is 24.3 Å². The van der Waals surface area contributed by atoms with E-state index in [9.17, 15) is 9.59 Å². The molecule has 0 aliphatic rings. The van der Waals surface area contributed by atoms with Gasteiger partial charge in [0.25, 0.3) is 0 Å². The van der Waals surface area contributed by atoms with Gasteiger partial charge in [-0.2, -0.15) is 0 Å². The molecule has 7 heteroatoms.